The lowest BCUT2D eigenvalue weighted by molar-refractivity contribution is 0.0481. The van der Waals surface area contributed by atoms with Crippen molar-refractivity contribution in [2.24, 2.45) is 0 Å². The van der Waals surface area contributed by atoms with E-state index in [1.807, 2.05) is 6.92 Å². The van der Waals surface area contributed by atoms with Crippen molar-refractivity contribution in [2.45, 2.75) is 51.0 Å². The number of aromatic nitrogens is 1. The summed E-state index contributed by atoms with van der Waals surface area (Å²) in [6.45, 7) is 3.88. The second kappa shape index (κ2) is 4.54. The minimum Gasteiger partial charge on any atom is -0.390 e. The van der Waals surface area contributed by atoms with Gasteiger partial charge in [-0.2, -0.15) is 0 Å². The van der Waals surface area contributed by atoms with Crippen LogP contribution in [0, 0.1) is 0 Å². The van der Waals surface area contributed by atoms with Gasteiger partial charge >= 0.3 is 0 Å². The zero-order valence-electron chi connectivity index (χ0n) is 11.2. The Kier molecular flexibility index (Phi) is 3.02. The molecule has 2 heterocycles. The van der Waals surface area contributed by atoms with E-state index in [2.05, 4.69) is 17.0 Å². The topological polar surface area (TPSA) is 36.4 Å². The van der Waals surface area contributed by atoms with Crippen LogP contribution >= 0.6 is 0 Å². The Morgan fingerprint density at radius 2 is 2.06 bits per heavy atom. The molecule has 98 valence electrons. The quantitative estimate of drug-likeness (QED) is 0.826. The van der Waals surface area contributed by atoms with Gasteiger partial charge < -0.3 is 10.0 Å². The summed E-state index contributed by atoms with van der Waals surface area (Å²) >= 11 is 0. The first-order valence-electron chi connectivity index (χ1n) is 7.10. The van der Waals surface area contributed by atoms with Crippen LogP contribution in [-0.4, -0.2) is 28.8 Å². The minimum atomic E-state index is -0.495. The van der Waals surface area contributed by atoms with Gasteiger partial charge in [-0.3, -0.25) is 0 Å². The Labute approximate surface area is 109 Å². The van der Waals surface area contributed by atoms with Gasteiger partial charge in [-0.05, 0) is 57.1 Å². The molecule has 3 rings (SSSR count). The van der Waals surface area contributed by atoms with Gasteiger partial charge in [-0.25, -0.2) is 4.98 Å². The van der Waals surface area contributed by atoms with Crippen molar-refractivity contribution in [1.82, 2.24) is 4.98 Å². The van der Waals surface area contributed by atoms with Gasteiger partial charge in [-0.15, -0.1) is 0 Å². The molecule has 0 bridgehead atoms. The van der Waals surface area contributed by atoms with Crippen molar-refractivity contribution in [3.63, 3.8) is 0 Å². The number of anilines is 1. The first-order valence-corrected chi connectivity index (χ1v) is 7.10. The van der Waals surface area contributed by atoms with Gasteiger partial charge in [0.2, 0.25) is 0 Å². The van der Waals surface area contributed by atoms with E-state index < -0.39 is 5.60 Å². The van der Waals surface area contributed by atoms with E-state index in [-0.39, 0.29) is 0 Å². The molecule has 18 heavy (non-hydrogen) atoms. The van der Waals surface area contributed by atoms with Gasteiger partial charge in [0.25, 0.3) is 0 Å². The van der Waals surface area contributed by atoms with Crippen LogP contribution in [0.25, 0.3) is 0 Å². The number of fused-ring (bicyclic) bond motifs is 1. The highest BCUT2D eigenvalue weighted by molar-refractivity contribution is 5.43. The first-order chi connectivity index (χ1) is 8.64. The summed E-state index contributed by atoms with van der Waals surface area (Å²) < 4.78 is 0. The second-order valence-corrected chi connectivity index (χ2v) is 5.97. The molecule has 0 amide bonds. The molecule has 1 N–H and O–H groups in total. The van der Waals surface area contributed by atoms with Crippen LogP contribution < -0.4 is 4.90 Å². The van der Waals surface area contributed by atoms with Crippen LogP contribution in [-0.2, 0) is 12.8 Å². The number of aryl methyl sites for hydroxylation is 2. The lowest BCUT2D eigenvalue weighted by Crippen LogP contribution is -2.28. The molecular formula is C15H22N2O. The van der Waals surface area contributed by atoms with E-state index in [4.69, 9.17) is 4.98 Å². The van der Waals surface area contributed by atoms with Crippen molar-refractivity contribution in [1.29, 1.82) is 0 Å². The van der Waals surface area contributed by atoms with Crippen LogP contribution in [0.3, 0.4) is 0 Å². The number of pyridine rings is 1. The molecular weight excluding hydrogens is 224 g/mol. The molecule has 1 atom stereocenters. The fraction of sp³-hybridized carbons (Fsp3) is 0.667. The summed E-state index contributed by atoms with van der Waals surface area (Å²) in [7, 11) is 0. The summed E-state index contributed by atoms with van der Waals surface area (Å²) in [4.78, 5) is 7.14. The maximum absolute atomic E-state index is 10.1. The van der Waals surface area contributed by atoms with Gasteiger partial charge in [0.15, 0.2) is 0 Å². The van der Waals surface area contributed by atoms with Crippen molar-refractivity contribution < 1.29 is 5.11 Å². The molecule has 3 heteroatoms. The maximum Gasteiger partial charge on any atom is 0.128 e. The third-order valence-electron chi connectivity index (χ3n) is 4.30. The number of rotatable bonds is 1. The summed E-state index contributed by atoms with van der Waals surface area (Å²) in [5, 5.41) is 10.1. The molecule has 0 aromatic carbocycles. The van der Waals surface area contributed by atoms with E-state index >= 15 is 0 Å². The lowest BCUT2D eigenvalue weighted by Gasteiger charge is -2.23. The van der Waals surface area contributed by atoms with Crippen molar-refractivity contribution >= 4 is 5.82 Å². The van der Waals surface area contributed by atoms with E-state index in [9.17, 15) is 5.11 Å². The van der Waals surface area contributed by atoms with Gasteiger partial charge in [0.05, 0.1) is 5.60 Å². The smallest absolute Gasteiger partial charge is 0.128 e. The second-order valence-electron chi connectivity index (χ2n) is 5.97. The Morgan fingerprint density at radius 3 is 2.94 bits per heavy atom. The van der Waals surface area contributed by atoms with E-state index in [0.717, 1.165) is 44.6 Å². The highest BCUT2D eigenvalue weighted by Gasteiger charge is 2.25. The normalized spacial score (nSPS) is 28.0. The molecule has 1 aliphatic heterocycles. The lowest BCUT2D eigenvalue weighted by atomic mass is 9.98. The van der Waals surface area contributed by atoms with Gasteiger partial charge in [0.1, 0.15) is 5.82 Å². The van der Waals surface area contributed by atoms with Crippen LogP contribution in [0.4, 0.5) is 5.82 Å². The minimum absolute atomic E-state index is 0.495. The third-order valence-corrected chi connectivity index (χ3v) is 4.30. The molecule has 0 radical (unpaired) electrons. The Bertz CT molecular complexity index is 442. The van der Waals surface area contributed by atoms with Gasteiger partial charge in [-0.1, -0.05) is 6.07 Å². The fourth-order valence-electron chi connectivity index (χ4n) is 3.08. The van der Waals surface area contributed by atoms with Crippen molar-refractivity contribution in [3.05, 3.63) is 23.4 Å². The maximum atomic E-state index is 10.1. The van der Waals surface area contributed by atoms with E-state index in [1.165, 1.54) is 24.1 Å². The van der Waals surface area contributed by atoms with Crippen LogP contribution in [0.5, 0.6) is 0 Å². The molecule has 1 unspecified atom stereocenters. The fourth-order valence-corrected chi connectivity index (χ4v) is 3.08. The van der Waals surface area contributed by atoms with Crippen LogP contribution in [0.1, 0.15) is 43.9 Å². The summed E-state index contributed by atoms with van der Waals surface area (Å²) in [5.74, 6) is 1.10. The zero-order chi connectivity index (χ0) is 12.6. The number of hydrogen-bond donors (Lipinski definition) is 1. The number of nitrogens with zero attached hydrogens (tertiary/aromatic N) is 2. The standard InChI is InChI=1S/C15H22N2O/c1-15(18)8-3-10-17(11-9-15)14-7-6-12-4-2-5-13(12)16-14/h6-7,18H,2-5,8-11H2,1H3. The SMILES string of the molecule is CC1(O)CCCN(c2ccc3c(n2)CCC3)CC1. The van der Waals surface area contributed by atoms with E-state index in [0.29, 0.717) is 0 Å². The highest BCUT2D eigenvalue weighted by atomic mass is 16.3. The molecule has 1 aliphatic carbocycles. The largest absolute Gasteiger partial charge is 0.390 e. The summed E-state index contributed by atoms with van der Waals surface area (Å²) in [6.07, 6.45) is 6.36. The van der Waals surface area contributed by atoms with Crippen molar-refractivity contribution in [3.8, 4) is 0 Å². The number of hydrogen-bond acceptors (Lipinski definition) is 3. The Balaban J connectivity index is 1.78. The average Bonchev–Trinajstić information content (AvgIpc) is 2.72. The first kappa shape index (κ1) is 12.0. The Morgan fingerprint density at radius 1 is 1.17 bits per heavy atom. The molecule has 1 aromatic rings. The van der Waals surface area contributed by atoms with Gasteiger partial charge in [0, 0.05) is 18.8 Å². The molecule has 0 spiro atoms. The highest BCUT2D eigenvalue weighted by Crippen LogP contribution is 2.27. The predicted octanol–water partition coefficient (Wildman–Crippen LogP) is 2.31. The molecule has 1 aromatic heterocycles. The molecule has 3 nitrogen and oxygen atoms in total. The van der Waals surface area contributed by atoms with E-state index in [1.54, 1.807) is 0 Å². The number of aliphatic hydroxyl groups is 1. The molecule has 2 aliphatic rings. The Hall–Kier alpha value is -1.09. The van der Waals surface area contributed by atoms with Crippen molar-refractivity contribution in [2.75, 3.05) is 18.0 Å². The van der Waals surface area contributed by atoms with Crippen LogP contribution in [0.15, 0.2) is 12.1 Å². The predicted molar refractivity (Wildman–Crippen MR) is 72.9 cm³/mol. The monoisotopic (exact) mass is 246 g/mol. The average molecular weight is 246 g/mol. The molecule has 1 saturated heterocycles. The summed E-state index contributed by atoms with van der Waals surface area (Å²) in [5.41, 5.74) is 2.23. The molecule has 0 saturated carbocycles. The third kappa shape index (κ3) is 2.37. The molecule has 1 fully saturated rings. The van der Waals surface area contributed by atoms with Crippen LogP contribution in [0.2, 0.25) is 0 Å². The summed E-state index contributed by atoms with van der Waals surface area (Å²) in [6, 6.07) is 4.40. The zero-order valence-corrected chi connectivity index (χ0v) is 11.2.